The zero-order valence-electron chi connectivity index (χ0n) is 14.4. The number of aryl methyl sites for hydroxylation is 1. The van der Waals surface area contributed by atoms with Crippen molar-refractivity contribution in [3.63, 3.8) is 0 Å². The van der Waals surface area contributed by atoms with Gasteiger partial charge in [-0.05, 0) is 27.1 Å². The van der Waals surface area contributed by atoms with Gasteiger partial charge in [0, 0.05) is 36.6 Å². The van der Waals surface area contributed by atoms with Gasteiger partial charge in [0.25, 0.3) is 0 Å². The van der Waals surface area contributed by atoms with Gasteiger partial charge in [0.15, 0.2) is 5.52 Å². The Bertz CT molecular complexity index is 691. The molecule has 7 heteroatoms. The average Bonchev–Trinajstić information content (AvgIpc) is 2.54. The summed E-state index contributed by atoms with van der Waals surface area (Å²) < 4.78 is 16.0. The van der Waals surface area contributed by atoms with Gasteiger partial charge in [0.05, 0.1) is 31.7 Å². The smallest absolute Gasteiger partial charge is 0.187 e. The van der Waals surface area contributed by atoms with Crippen molar-refractivity contribution >= 4 is 49.9 Å². The molecule has 0 saturated heterocycles. The van der Waals surface area contributed by atoms with E-state index in [1.807, 2.05) is 19.1 Å². The third kappa shape index (κ3) is 4.46. The first-order valence-corrected chi connectivity index (χ1v) is 8.26. The molecule has 0 heterocycles. The second-order valence-electron chi connectivity index (χ2n) is 4.79. The van der Waals surface area contributed by atoms with Gasteiger partial charge in [-0.15, -0.1) is 0 Å². The molecule has 0 aliphatic heterocycles. The molecule has 0 amide bonds. The van der Waals surface area contributed by atoms with Crippen molar-refractivity contribution in [2.75, 3.05) is 21.3 Å². The Morgan fingerprint density at radius 1 is 1.04 bits per heavy atom. The third-order valence-corrected chi connectivity index (χ3v) is 4.94. The fourth-order valence-corrected chi connectivity index (χ4v) is 3.89. The van der Waals surface area contributed by atoms with Crippen molar-refractivity contribution in [3.05, 3.63) is 46.5 Å². The van der Waals surface area contributed by atoms with Crippen molar-refractivity contribution in [1.82, 2.24) is 0 Å². The second-order valence-corrected chi connectivity index (χ2v) is 6.40. The summed E-state index contributed by atoms with van der Waals surface area (Å²) in [5, 5.41) is 1.15. The van der Waals surface area contributed by atoms with Gasteiger partial charge < -0.3 is 14.2 Å². The molecule has 0 aromatic heterocycles. The Morgan fingerprint density at radius 2 is 1.62 bits per heavy atom. The summed E-state index contributed by atoms with van der Waals surface area (Å²) >= 11 is 6.19. The van der Waals surface area contributed by atoms with Gasteiger partial charge >= 0.3 is 0 Å². The zero-order chi connectivity index (χ0) is 17.0. The molecule has 0 bridgehead atoms. The topological polar surface area (TPSA) is 44.8 Å². The minimum atomic E-state index is -0.171. The van der Waals surface area contributed by atoms with Crippen LogP contribution in [0, 0.1) is 6.92 Å². The Balaban J connectivity index is 0.00000288. The predicted octanol–water partition coefficient (Wildman–Crippen LogP) is 3.44. The van der Waals surface area contributed by atoms with Crippen molar-refractivity contribution in [2.45, 2.75) is 6.92 Å². The Morgan fingerprint density at radius 3 is 2.08 bits per heavy atom. The van der Waals surface area contributed by atoms with Crippen LogP contribution in [0.3, 0.4) is 0 Å². The SMILES string of the molecule is COc1cc(OC)c(PC(=O)c2c(C)cccc2Cl)c(OC)c1.[Li]. The predicted molar refractivity (Wildman–Crippen MR) is 100 cm³/mol. The molecule has 0 aliphatic carbocycles. The van der Waals surface area contributed by atoms with Crippen LogP contribution in [0.15, 0.2) is 30.3 Å². The molecule has 0 spiro atoms. The van der Waals surface area contributed by atoms with Crippen LogP contribution >= 0.6 is 20.2 Å². The molecule has 2 aromatic carbocycles. The number of ether oxygens (including phenoxy) is 3. The van der Waals surface area contributed by atoms with Crippen molar-refractivity contribution in [2.24, 2.45) is 0 Å². The molecule has 0 saturated carbocycles. The Labute approximate surface area is 160 Å². The number of hydrogen-bond acceptors (Lipinski definition) is 4. The first-order valence-electron chi connectivity index (χ1n) is 6.88. The molecule has 1 unspecified atom stereocenters. The van der Waals surface area contributed by atoms with E-state index < -0.39 is 0 Å². The standard InChI is InChI=1S/C17H18ClO4P.Li/c1-10-6-5-7-12(18)15(10)17(19)23-16-13(21-3)8-11(20-2)9-14(16)22-4;/h5-9,23H,1-4H3;. The first kappa shape index (κ1) is 20.9. The van der Waals surface area contributed by atoms with Crippen LogP contribution in [0.25, 0.3) is 0 Å². The van der Waals surface area contributed by atoms with E-state index in [-0.39, 0.29) is 33.0 Å². The quantitative estimate of drug-likeness (QED) is 0.585. The van der Waals surface area contributed by atoms with E-state index in [4.69, 9.17) is 25.8 Å². The molecule has 24 heavy (non-hydrogen) atoms. The van der Waals surface area contributed by atoms with Crippen LogP contribution in [-0.4, -0.2) is 45.7 Å². The van der Waals surface area contributed by atoms with E-state index in [0.29, 0.717) is 33.1 Å². The van der Waals surface area contributed by atoms with Crippen molar-refractivity contribution < 1.29 is 19.0 Å². The van der Waals surface area contributed by atoms with Gasteiger partial charge in [-0.3, -0.25) is 4.79 Å². The zero-order valence-corrected chi connectivity index (χ0v) is 16.2. The average molecular weight is 360 g/mol. The summed E-state index contributed by atoms with van der Waals surface area (Å²) in [4.78, 5) is 12.7. The number of hydrogen-bond donors (Lipinski definition) is 0. The number of rotatable bonds is 6. The normalized spacial score (nSPS) is 10.4. The number of methoxy groups -OCH3 is 3. The van der Waals surface area contributed by atoms with Crippen molar-refractivity contribution in [3.8, 4) is 17.2 Å². The van der Waals surface area contributed by atoms with Gasteiger partial charge in [-0.2, -0.15) is 0 Å². The van der Waals surface area contributed by atoms with E-state index in [2.05, 4.69) is 0 Å². The van der Waals surface area contributed by atoms with E-state index in [9.17, 15) is 4.79 Å². The minimum Gasteiger partial charge on any atom is -0.496 e. The van der Waals surface area contributed by atoms with E-state index in [0.717, 1.165) is 5.56 Å². The third-order valence-electron chi connectivity index (χ3n) is 3.40. The number of carbonyl (C=O) groups is 1. The number of halogens is 1. The first-order chi connectivity index (χ1) is 11.0. The van der Waals surface area contributed by atoms with Gasteiger partial charge in [-0.25, -0.2) is 0 Å². The van der Waals surface area contributed by atoms with Crippen LogP contribution in [0.1, 0.15) is 15.9 Å². The monoisotopic (exact) mass is 359 g/mol. The molecule has 2 aromatic rings. The summed E-state index contributed by atoms with van der Waals surface area (Å²) in [7, 11) is 4.49. The molecule has 2 rings (SSSR count). The molecule has 1 radical (unpaired) electrons. The van der Waals surface area contributed by atoms with E-state index in [1.54, 1.807) is 39.5 Å². The fraction of sp³-hybridized carbons (Fsp3) is 0.235. The molecule has 0 fully saturated rings. The Kier molecular flexibility index (Phi) is 8.13. The maximum atomic E-state index is 12.7. The molecular formula is C17H18ClLiO4P. The van der Waals surface area contributed by atoms with Gasteiger partial charge in [0.2, 0.25) is 0 Å². The fourth-order valence-electron chi connectivity index (χ4n) is 2.22. The number of benzene rings is 2. The van der Waals surface area contributed by atoms with Crippen molar-refractivity contribution in [1.29, 1.82) is 0 Å². The van der Waals surface area contributed by atoms with Crippen LogP contribution < -0.4 is 19.5 Å². The maximum Gasteiger partial charge on any atom is 0.187 e. The minimum absolute atomic E-state index is 0. The summed E-state index contributed by atoms with van der Waals surface area (Å²) in [6, 6.07) is 8.88. The van der Waals surface area contributed by atoms with Gasteiger partial charge in [0.1, 0.15) is 17.2 Å². The summed E-state index contributed by atoms with van der Waals surface area (Å²) in [6.07, 6.45) is 0. The van der Waals surface area contributed by atoms with Gasteiger partial charge in [-0.1, -0.05) is 23.7 Å². The van der Waals surface area contributed by atoms with Crippen LogP contribution in [0.5, 0.6) is 17.2 Å². The van der Waals surface area contributed by atoms with Crippen LogP contribution in [0.2, 0.25) is 5.02 Å². The second kappa shape index (κ2) is 9.35. The van der Waals surface area contributed by atoms with Crippen LogP contribution in [-0.2, 0) is 0 Å². The largest absolute Gasteiger partial charge is 0.496 e. The van der Waals surface area contributed by atoms with E-state index >= 15 is 0 Å². The summed E-state index contributed by atoms with van der Waals surface area (Å²) in [5.74, 6) is 1.71. The molecule has 4 nitrogen and oxygen atoms in total. The number of carbonyl (C=O) groups excluding carboxylic acids is 1. The maximum absolute atomic E-state index is 12.7. The Hall–Kier alpha value is -1.17. The molecule has 0 aliphatic rings. The summed E-state index contributed by atoms with van der Waals surface area (Å²) in [6.45, 7) is 1.87. The summed E-state index contributed by atoms with van der Waals surface area (Å²) in [5.41, 5.74) is 1.32. The van der Waals surface area contributed by atoms with Crippen LogP contribution in [0.4, 0.5) is 0 Å². The molecule has 0 N–H and O–H groups in total. The molecule has 123 valence electrons. The molecule has 1 atom stereocenters. The molecular weight excluding hydrogens is 342 g/mol. The van der Waals surface area contributed by atoms with E-state index in [1.165, 1.54) is 0 Å².